The minimum Gasteiger partial charge on any atom is -0.347 e. The van der Waals surface area contributed by atoms with E-state index in [0.717, 1.165) is 17.7 Å². The Balaban J connectivity index is 1.45. The smallest absolute Gasteiger partial charge is 0.246 e. The molecular formula is C20H19ClN2O3. The summed E-state index contributed by atoms with van der Waals surface area (Å²) in [5.74, 6) is -0.586. The maximum absolute atomic E-state index is 12.3. The number of ketones is 1. The van der Waals surface area contributed by atoms with Crippen LogP contribution >= 0.6 is 11.6 Å². The van der Waals surface area contributed by atoms with E-state index in [1.807, 2.05) is 24.3 Å². The predicted molar refractivity (Wildman–Crippen MR) is 101 cm³/mol. The van der Waals surface area contributed by atoms with Gasteiger partial charge in [-0.1, -0.05) is 29.8 Å². The lowest BCUT2D eigenvalue weighted by Gasteiger charge is -2.17. The van der Waals surface area contributed by atoms with Crippen LogP contribution in [0.4, 0.5) is 5.69 Å². The number of hydrogen-bond acceptors (Lipinski definition) is 3. The Morgan fingerprint density at radius 3 is 2.50 bits per heavy atom. The number of hydrogen-bond donors (Lipinski definition) is 1. The van der Waals surface area contributed by atoms with Crippen LogP contribution in [-0.4, -0.2) is 30.7 Å². The molecule has 1 heterocycles. The Hall–Kier alpha value is -2.66. The van der Waals surface area contributed by atoms with Crippen LogP contribution < -0.4 is 10.2 Å². The molecule has 0 atom stereocenters. The fraction of sp³-hybridized carbons (Fsp3) is 0.250. The molecule has 0 radical (unpaired) electrons. The molecule has 0 unspecified atom stereocenters. The van der Waals surface area contributed by atoms with E-state index in [1.54, 1.807) is 29.2 Å². The minimum atomic E-state index is -0.312. The molecular weight excluding hydrogens is 352 g/mol. The number of rotatable bonds is 6. The van der Waals surface area contributed by atoms with Gasteiger partial charge in [0.05, 0.1) is 6.54 Å². The second-order valence-electron chi connectivity index (χ2n) is 6.13. The first-order valence-corrected chi connectivity index (χ1v) is 8.86. The monoisotopic (exact) mass is 370 g/mol. The molecule has 1 aliphatic heterocycles. The Kier molecular flexibility index (Phi) is 5.68. The number of anilines is 1. The molecule has 134 valence electrons. The van der Waals surface area contributed by atoms with E-state index in [2.05, 4.69) is 5.32 Å². The van der Waals surface area contributed by atoms with Crippen molar-refractivity contribution in [2.75, 3.05) is 18.0 Å². The summed E-state index contributed by atoms with van der Waals surface area (Å²) in [4.78, 5) is 38.0. The number of nitrogens with one attached hydrogen (secondary N) is 1. The molecule has 1 N–H and O–H groups in total. The maximum Gasteiger partial charge on any atom is 0.246 e. The van der Waals surface area contributed by atoms with Crippen LogP contribution in [0.2, 0.25) is 5.02 Å². The van der Waals surface area contributed by atoms with Crippen LogP contribution in [0.1, 0.15) is 28.8 Å². The lowest BCUT2D eigenvalue weighted by molar-refractivity contribution is -0.124. The van der Waals surface area contributed by atoms with Gasteiger partial charge in [-0.3, -0.25) is 14.4 Å². The molecule has 0 bridgehead atoms. The summed E-state index contributed by atoms with van der Waals surface area (Å²) in [7, 11) is 0. The lowest BCUT2D eigenvalue weighted by Crippen LogP contribution is -2.39. The summed E-state index contributed by atoms with van der Waals surface area (Å²) in [5, 5.41) is 3.16. The average Bonchev–Trinajstić information content (AvgIpc) is 3.09. The van der Waals surface area contributed by atoms with Gasteiger partial charge in [0.2, 0.25) is 11.8 Å². The van der Waals surface area contributed by atoms with Crippen molar-refractivity contribution < 1.29 is 14.4 Å². The number of halogens is 1. The molecule has 0 aromatic heterocycles. The van der Waals surface area contributed by atoms with Crippen molar-refractivity contribution in [3.63, 3.8) is 0 Å². The third-order valence-corrected chi connectivity index (χ3v) is 4.62. The largest absolute Gasteiger partial charge is 0.347 e. The minimum absolute atomic E-state index is 0.0470. The van der Waals surface area contributed by atoms with Crippen LogP contribution in [0.25, 0.3) is 0 Å². The molecule has 2 aromatic rings. The number of amides is 2. The van der Waals surface area contributed by atoms with Crippen molar-refractivity contribution in [2.45, 2.75) is 19.3 Å². The number of nitrogens with zero attached hydrogens (tertiary/aromatic N) is 1. The zero-order chi connectivity index (χ0) is 18.5. The standard InChI is InChI=1S/C20H19ClN2O3/c21-16-7-5-15(6-8-16)18(24)9-10-19(25)22-13-20(26)23-12-11-14-3-1-2-4-17(14)23/h1-8H,9-13H2,(H,22,25). The average molecular weight is 371 g/mol. The predicted octanol–water partition coefficient (Wildman–Crippen LogP) is 3.01. The highest BCUT2D eigenvalue weighted by molar-refractivity contribution is 6.30. The van der Waals surface area contributed by atoms with E-state index < -0.39 is 0 Å². The van der Waals surface area contributed by atoms with Crippen LogP contribution in [0.3, 0.4) is 0 Å². The Labute approximate surface area is 156 Å². The summed E-state index contributed by atoms with van der Waals surface area (Å²) in [6.45, 7) is 0.561. The van der Waals surface area contributed by atoms with Crippen molar-refractivity contribution in [2.24, 2.45) is 0 Å². The molecule has 0 spiro atoms. The second kappa shape index (κ2) is 8.15. The van der Waals surface area contributed by atoms with E-state index in [1.165, 1.54) is 0 Å². The number of fused-ring (bicyclic) bond motifs is 1. The zero-order valence-electron chi connectivity index (χ0n) is 14.2. The van der Waals surface area contributed by atoms with E-state index in [9.17, 15) is 14.4 Å². The van der Waals surface area contributed by atoms with Gasteiger partial charge in [-0.15, -0.1) is 0 Å². The van der Waals surface area contributed by atoms with Crippen LogP contribution in [-0.2, 0) is 16.0 Å². The first-order valence-electron chi connectivity index (χ1n) is 8.48. The molecule has 26 heavy (non-hydrogen) atoms. The molecule has 0 fully saturated rings. The van der Waals surface area contributed by atoms with Gasteiger partial charge in [0.15, 0.2) is 5.78 Å². The van der Waals surface area contributed by atoms with E-state index >= 15 is 0 Å². The van der Waals surface area contributed by atoms with Gasteiger partial charge in [-0.05, 0) is 42.3 Å². The van der Waals surface area contributed by atoms with E-state index in [4.69, 9.17) is 11.6 Å². The molecule has 2 aromatic carbocycles. The fourth-order valence-electron chi connectivity index (χ4n) is 2.96. The number of carbonyl (C=O) groups excluding carboxylic acids is 3. The summed E-state index contributed by atoms with van der Waals surface area (Å²) in [5.41, 5.74) is 2.57. The van der Waals surface area contributed by atoms with Crippen LogP contribution in [0.15, 0.2) is 48.5 Å². The third kappa shape index (κ3) is 4.29. The van der Waals surface area contributed by atoms with Gasteiger partial charge >= 0.3 is 0 Å². The van der Waals surface area contributed by atoms with E-state index in [0.29, 0.717) is 17.1 Å². The Bertz CT molecular complexity index is 833. The zero-order valence-corrected chi connectivity index (χ0v) is 15.0. The quantitative estimate of drug-likeness (QED) is 0.795. The summed E-state index contributed by atoms with van der Waals surface area (Å²) >= 11 is 5.79. The summed E-state index contributed by atoms with van der Waals surface area (Å²) in [6, 6.07) is 14.3. The first kappa shape index (κ1) is 18.1. The highest BCUT2D eigenvalue weighted by atomic mass is 35.5. The normalized spacial score (nSPS) is 12.6. The van der Waals surface area contributed by atoms with Gasteiger partial charge in [0.25, 0.3) is 0 Å². The maximum atomic E-state index is 12.3. The topological polar surface area (TPSA) is 66.5 Å². The number of Topliss-reactive ketones (excluding diaryl/α,β-unsaturated/α-hetero) is 1. The number of para-hydroxylation sites is 1. The molecule has 0 saturated carbocycles. The molecule has 6 heteroatoms. The summed E-state index contributed by atoms with van der Waals surface area (Å²) in [6.07, 6.45) is 0.963. The Morgan fingerprint density at radius 2 is 1.73 bits per heavy atom. The Morgan fingerprint density at radius 1 is 1.00 bits per heavy atom. The molecule has 0 aliphatic carbocycles. The summed E-state index contributed by atoms with van der Waals surface area (Å²) < 4.78 is 0. The second-order valence-corrected chi connectivity index (χ2v) is 6.57. The SMILES string of the molecule is O=C(CCC(=O)c1ccc(Cl)cc1)NCC(=O)N1CCc2ccccc21. The van der Waals surface area contributed by atoms with Crippen molar-refractivity contribution in [1.29, 1.82) is 0 Å². The number of benzene rings is 2. The van der Waals surface area contributed by atoms with Crippen molar-refractivity contribution in [1.82, 2.24) is 5.32 Å². The van der Waals surface area contributed by atoms with Gasteiger partial charge in [-0.2, -0.15) is 0 Å². The van der Waals surface area contributed by atoms with Crippen molar-refractivity contribution in [3.05, 3.63) is 64.7 Å². The van der Waals surface area contributed by atoms with Crippen LogP contribution in [0.5, 0.6) is 0 Å². The molecule has 1 aliphatic rings. The first-order chi connectivity index (χ1) is 12.5. The highest BCUT2D eigenvalue weighted by Crippen LogP contribution is 2.27. The van der Waals surface area contributed by atoms with Crippen molar-refractivity contribution >= 4 is 34.9 Å². The third-order valence-electron chi connectivity index (χ3n) is 4.37. The molecule has 5 nitrogen and oxygen atoms in total. The van der Waals surface area contributed by atoms with E-state index in [-0.39, 0.29) is 37.0 Å². The molecule has 2 amide bonds. The lowest BCUT2D eigenvalue weighted by atomic mass is 10.1. The van der Waals surface area contributed by atoms with Gasteiger partial charge in [-0.25, -0.2) is 0 Å². The van der Waals surface area contributed by atoms with Gasteiger partial charge in [0, 0.05) is 35.7 Å². The molecule has 3 rings (SSSR count). The highest BCUT2D eigenvalue weighted by Gasteiger charge is 2.24. The van der Waals surface area contributed by atoms with Gasteiger partial charge < -0.3 is 10.2 Å². The fourth-order valence-corrected chi connectivity index (χ4v) is 3.09. The number of carbonyl (C=O) groups is 3. The van der Waals surface area contributed by atoms with Gasteiger partial charge in [0.1, 0.15) is 0 Å². The van der Waals surface area contributed by atoms with Crippen molar-refractivity contribution in [3.8, 4) is 0 Å². The van der Waals surface area contributed by atoms with Crippen LogP contribution in [0, 0.1) is 0 Å². The molecule has 0 saturated heterocycles.